The molecule has 1 aliphatic rings. The van der Waals surface area contributed by atoms with E-state index < -0.39 is 0 Å². The zero-order valence-electron chi connectivity index (χ0n) is 10.0. The van der Waals surface area contributed by atoms with E-state index >= 15 is 0 Å². The Morgan fingerprint density at radius 2 is 2.35 bits per heavy atom. The molecule has 1 aromatic carbocycles. The molecule has 1 aromatic rings. The molecular weight excluding hydrogens is 280 g/mol. The van der Waals surface area contributed by atoms with Crippen LogP contribution in [0.1, 0.15) is 18.9 Å². The zero-order valence-corrected chi connectivity index (χ0v) is 11.6. The van der Waals surface area contributed by atoms with Gasteiger partial charge in [-0.3, -0.25) is 4.79 Å². The maximum atomic E-state index is 11.7. The van der Waals surface area contributed by atoms with Crippen molar-refractivity contribution >= 4 is 27.5 Å². The lowest BCUT2D eigenvalue weighted by molar-refractivity contribution is -0.119. The molecule has 0 spiro atoms. The van der Waals surface area contributed by atoms with Gasteiger partial charge in [-0.05, 0) is 36.6 Å². The maximum absolute atomic E-state index is 11.7. The summed E-state index contributed by atoms with van der Waals surface area (Å²) in [5, 5.41) is 2.91. The molecule has 4 heteroatoms. The quantitative estimate of drug-likeness (QED) is 0.925. The van der Waals surface area contributed by atoms with Crippen molar-refractivity contribution in [1.29, 1.82) is 0 Å². The number of carbonyl (C=O) groups is 1. The SMILES string of the molecule is CCCNC(=O)CN1CCc2cc(Br)ccc21. The van der Waals surface area contributed by atoms with Crippen molar-refractivity contribution in [3.05, 3.63) is 28.2 Å². The molecule has 1 N–H and O–H groups in total. The van der Waals surface area contributed by atoms with Crippen molar-refractivity contribution in [2.45, 2.75) is 19.8 Å². The van der Waals surface area contributed by atoms with Crippen LogP contribution in [0, 0.1) is 0 Å². The van der Waals surface area contributed by atoms with Crippen LogP contribution in [0.2, 0.25) is 0 Å². The number of nitrogens with one attached hydrogen (secondary N) is 1. The summed E-state index contributed by atoms with van der Waals surface area (Å²) in [6.07, 6.45) is 2.01. The molecule has 0 saturated heterocycles. The van der Waals surface area contributed by atoms with Crippen molar-refractivity contribution in [3.63, 3.8) is 0 Å². The van der Waals surface area contributed by atoms with Crippen LogP contribution in [0.25, 0.3) is 0 Å². The van der Waals surface area contributed by atoms with E-state index in [1.165, 1.54) is 11.3 Å². The number of carbonyl (C=O) groups excluding carboxylic acids is 1. The Morgan fingerprint density at radius 1 is 1.53 bits per heavy atom. The molecule has 0 saturated carbocycles. The van der Waals surface area contributed by atoms with Crippen LogP contribution in [-0.4, -0.2) is 25.5 Å². The summed E-state index contributed by atoms with van der Waals surface area (Å²) in [7, 11) is 0. The van der Waals surface area contributed by atoms with Gasteiger partial charge in [-0.25, -0.2) is 0 Å². The minimum atomic E-state index is 0.114. The van der Waals surface area contributed by atoms with Gasteiger partial charge in [-0.15, -0.1) is 0 Å². The fourth-order valence-electron chi connectivity index (χ4n) is 2.10. The second-order valence-corrected chi connectivity index (χ2v) is 5.21. The molecule has 1 heterocycles. The van der Waals surface area contributed by atoms with Gasteiger partial charge in [0.1, 0.15) is 0 Å². The van der Waals surface area contributed by atoms with Gasteiger partial charge in [0, 0.05) is 23.2 Å². The highest BCUT2D eigenvalue weighted by Crippen LogP contribution is 2.29. The van der Waals surface area contributed by atoms with Gasteiger partial charge in [0.25, 0.3) is 0 Å². The number of nitrogens with zero attached hydrogens (tertiary/aromatic N) is 1. The van der Waals surface area contributed by atoms with Crippen molar-refractivity contribution < 1.29 is 4.79 Å². The molecule has 0 aliphatic carbocycles. The predicted octanol–water partition coefficient (Wildman–Crippen LogP) is 2.34. The summed E-state index contributed by atoms with van der Waals surface area (Å²) in [5.41, 5.74) is 2.52. The van der Waals surface area contributed by atoms with Gasteiger partial charge in [-0.2, -0.15) is 0 Å². The summed E-state index contributed by atoms with van der Waals surface area (Å²) in [6, 6.07) is 6.25. The van der Waals surface area contributed by atoms with Crippen LogP contribution >= 0.6 is 15.9 Å². The lowest BCUT2D eigenvalue weighted by atomic mass is 10.2. The van der Waals surface area contributed by atoms with Gasteiger partial charge >= 0.3 is 0 Å². The van der Waals surface area contributed by atoms with E-state index in [0.29, 0.717) is 6.54 Å². The Morgan fingerprint density at radius 3 is 3.12 bits per heavy atom. The third kappa shape index (κ3) is 3.00. The minimum Gasteiger partial charge on any atom is -0.362 e. The second kappa shape index (κ2) is 5.54. The van der Waals surface area contributed by atoms with Crippen LogP contribution in [0.5, 0.6) is 0 Å². The molecule has 0 atom stereocenters. The van der Waals surface area contributed by atoms with E-state index in [2.05, 4.69) is 45.2 Å². The third-order valence-corrected chi connectivity index (χ3v) is 3.43. The summed E-state index contributed by atoms with van der Waals surface area (Å²) >= 11 is 3.47. The molecule has 0 unspecified atom stereocenters. The summed E-state index contributed by atoms with van der Waals surface area (Å²) < 4.78 is 1.11. The molecular formula is C13H17BrN2O. The molecule has 1 aliphatic heterocycles. The zero-order chi connectivity index (χ0) is 12.3. The van der Waals surface area contributed by atoms with Gasteiger partial charge in [0.2, 0.25) is 5.91 Å². The molecule has 17 heavy (non-hydrogen) atoms. The van der Waals surface area contributed by atoms with Gasteiger partial charge in [-0.1, -0.05) is 22.9 Å². The molecule has 2 rings (SSSR count). The van der Waals surface area contributed by atoms with Crippen LogP contribution in [0.4, 0.5) is 5.69 Å². The summed E-state index contributed by atoms with van der Waals surface area (Å²) in [6.45, 7) is 4.22. The van der Waals surface area contributed by atoms with E-state index in [-0.39, 0.29) is 5.91 Å². The molecule has 0 aromatic heterocycles. The normalized spacial score (nSPS) is 13.6. The number of halogens is 1. The summed E-state index contributed by atoms with van der Waals surface area (Å²) in [5.74, 6) is 0.114. The molecule has 0 bridgehead atoms. The Balaban J connectivity index is 2.00. The van der Waals surface area contributed by atoms with Crippen molar-refractivity contribution in [2.24, 2.45) is 0 Å². The number of amides is 1. The standard InChI is InChI=1S/C13H17BrN2O/c1-2-6-15-13(17)9-16-7-5-10-8-11(14)3-4-12(10)16/h3-4,8H,2,5-7,9H2,1H3,(H,15,17). The highest BCUT2D eigenvalue weighted by Gasteiger charge is 2.20. The van der Waals surface area contributed by atoms with E-state index in [0.717, 1.165) is 30.4 Å². The fourth-order valence-corrected chi connectivity index (χ4v) is 2.51. The number of hydrogen-bond donors (Lipinski definition) is 1. The number of anilines is 1. The van der Waals surface area contributed by atoms with Crippen LogP contribution in [0.3, 0.4) is 0 Å². The van der Waals surface area contributed by atoms with Gasteiger partial charge in [0.15, 0.2) is 0 Å². The topological polar surface area (TPSA) is 32.3 Å². The van der Waals surface area contributed by atoms with E-state index in [1.807, 2.05) is 6.07 Å². The van der Waals surface area contributed by atoms with E-state index in [9.17, 15) is 4.79 Å². The number of fused-ring (bicyclic) bond motifs is 1. The van der Waals surface area contributed by atoms with E-state index in [4.69, 9.17) is 0 Å². The van der Waals surface area contributed by atoms with Crippen molar-refractivity contribution in [1.82, 2.24) is 5.32 Å². The molecule has 3 nitrogen and oxygen atoms in total. The Kier molecular flexibility index (Phi) is 4.05. The second-order valence-electron chi connectivity index (χ2n) is 4.29. The Labute approximate surface area is 110 Å². The molecule has 92 valence electrons. The third-order valence-electron chi connectivity index (χ3n) is 2.94. The van der Waals surface area contributed by atoms with Gasteiger partial charge < -0.3 is 10.2 Å². The Bertz CT molecular complexity index is 420. The van der Waals surface area contributed by atoms with Crippen LogP contribution < -0.4 is 10.2 Å². The maximum Gasteiger partial charge on any atom is 0.239 e. The number of hydrogen-bond acceptors (Lipinski definition) is 2. The lowest BCUT2D eigenvalue weighted by Crippen LogP contribution is -2.36. The molecule has 0 radical (unpaired) electrons. The largest absolute Gasteiger partial charge is 0.362 e. The van der Waals surface area contributed by atoms with Gasteiger partial charge in [0.05, 0.1) is 6.54 Å². The van der Waals surface area contributed by atoms with Crippen LogP contribution in [-0.2, 0) is 11.2 Å². The Hall–Kier alpha value is -1.03. The summed E-state index contributed by atoms with van der Waals surface area (Å²) in [4.78, 5) is 13.8. The highest BCUT2D eigenvalue weighted by molar-refractivity contribution is 9.10. The fraction of sp³-hybridized carbons (Fsp3) is 0.462. The highest BCUT2D eigenvalue weighted by atomic mass is 79.9. The average molecular weight is 297 g/mol. The first-order valence-corrected chi connectivity index (χ1v) is 6.80. The van der Waals surface area contributed by atoms with Crippen molar-refractivity contribution in [3.8, 4) is 0 Å². The molecule has 1 amide bonds. The minimum absolute atomic E-state index is 0.114. The van der Waals surface area contributed by atoms with Crippen molar-refractivity contribution in [2.75, 3.05) is 24.5 Å². The van der Waals surface area contributed by atoms with Crippen LogP contribution in [0.15, 0.2) is 22.7 Å². The lowest BCUT2D eigenvalue weighted by Gasteiger charge is -2.18. The average Bonchev–Trinajstić information content (AvgIpc) is 2.69. The molecule has 0 fully saturated rings. The predicted molar refractivity (Wildman–Crippen MR) is 73.4 cm³/mol. The smallest absolute Gasteiger partial charge is 0.239 e. The number of benzene rings is 1. The first kappa shape index (κ1) is 12.4. The number of rotatable bonds is 4. The monoisotopic (exact) mass is 296 g/mol. The van der Waals surface area contributed by atoms with E-state index in [1.54, 1.807) is 0 Å². The first-order chi connectivity index (χ1) is 8.20. The first-order valence-electron chi connectivity index (χ1n) is 6.00.